The third-order valence-electron chi connectivity index (χ3n) is 5.46. The van der Waals surface area contributed by atoms with Gasteiger partial charge >= 0.3 is 5.97 Å². The molecule has 1 unspecified atom stereocenters. The number of amides is 2. The number of nitrogens with one attached hydrogen (secondary N) is 1. The van der Waals surface area contributed by atoms with Crippen molar-refractivity contribution in [3.05, 3.63) is 70.3 Å². The molecule has 9 nitrogen and oxygen atoms in total. The van der Waals surface area contributed by atoms with E-state index in [0.29, 0.717) is 25.1 Å². The van der Waals surface area contributed by atoms with Crippen LogP contribution in [-0.2, 0) is 20.8 Å². The van der Waals surface area contributed by atoms with Crippen molar-refractivity contribution >= 4 is 45.1 Å². The van der Waals surface area contributed by atoms with Crippen LogP contribution in [-0.4, -0.2) is 56.7 Å². The molecule has 0 aromatic heterocycles. The van der Waals surface area contributed by atoms with Gasteiger partial charge in [0.25, 0.3) is 5.69 Å². The van der Waals surface area contributed by atoms with Crippen LogP contribution in [0, 0.1) is 10.1 Å². The number of hydrogen-bond donors (Lipinski definition) is 1. The second-order valence-corrected chi connectivity index (χ2v) is 12.8. The molecule has 2 aromatic carbocycles. The first-order valence-electron chi connectivity index (χ1n) is 11.9. The lowest BCUT2D eigenvalue weighted by atomic mass is 10.1. The molecule has 1 fully saturated rings. The number of nitro benzene ring substituents is 1. The van der Waals surface area contributed by atoms with E-state index in [4.69, 9.17) is 4.74 Å². The first-order chi connectivity index (χ1) is 17.5. The SMILES string of the molecule is CC(C)(C)SSC[C@H](NC(=O)Cc1ccccc1)C(=O)N1CCCC1C(=O)Oc1ccc([N+](=O)[O-])cc1. The molecule has 0 saturated carbocycles. The summed E-state index contributed by atoms with van der Waals surface area (Å²) in [7, 11) is 3.12. The van der Waals surface area contributed by atoms with E-state index in [2.05, 4.69) is 26.1 Å². The first kappa shape index (κ1) is 28.5. The molecule has 1 aliphatic heterocycles. The average Bonchev–Trinajstić information content (AvgIpc) is 3.33. The van der Waals surface area contributed by atoms with Gasteiger partial charge in [-0.2, -0.15) is 0 Å². The average molecular weight is 546 g/mol. The normalized spacial score (nSPS) is 16.2. The predicted molar refractivity (Wildman–Crippen MR) is 145 cm³/mol. The largest absolute Gasteiger partial charge is 0.425 e. The Labute approximate surface area is 224 Å². The number of ether oxygens (including phenoxy) is 1. The highest BCUT2D eigenvalue weighted by Gasteiger charge is 2.39. The first-order valence-corrected chi connectivity index (χ1v) is 14.3. The van der Waals surface area contributed by atoms with Crippen molar-refractivity contribution in [2.24, 2.45) is 0 Å². The van der Waals surface area contributed by atoms with E-state index in [9.17, 15) is 24.5 Å². The zero-order valence-corrected chi connectivity index (χ0v) is 22.7. The fourth-order valence-corrected chi connectivity index (χ4v) is 6.23. The number of hydrogen-bond acceptors (Lipinski definition) is 8. The number of esters is 1. The van der Waals surface area contributed by atoms with Crippen molar-refractivity contribution in [3.63, 3.8) is 0 Å². The van der Waals surface area contributed by atoms with E-state index in [1.165, 1.54) is 40.0 Å². The number of non-ortho nitro benzene ring substituents is 1. The Kier molecular flexibility index (Phi) is 9.99. The van der Waals surface area contributed by atoms with E-state index in [0.717, 1.165) is 5.56 Å². The van der Waals surface area contributed by atoms with Gasteiger partial charge in [-0.3, -0.25) is 19.7 Å². The van der Waals surface area contributed by atoms with Crippen molar-refractivity contribution < 1.29 is 24.0 Å². The van der Waals surface area contributed by atoms with Gasteiger partial charge in [0, 0.05) is 29.2 Å². The lowest BCUT2D eigenvalue weighted by Gasteiger charge is -2.28. The molecule has 1 saturated heterocycles. The van der Waals surface area contributed by atoms with E-state index < -0.39 is 23.0 Å². The van der Waals surface area contributed by atoms with Gasteiger partial charge in [-0.05, 0) is 30.5 Å². The summed E-state index contributed by atoms with van der Waals surface area (Å²) in [5.74, 6) is -0.686. The summed E-state index contributed by atoms with van der Waals surface area (Å²) in [4.78, 5) is 51.1. The molecule has 198 valence electrons. The van der Waals surface area contributed by atoms with E-state index in [1.807, 2.05) is 30.3 Å². The summed E-state index contributed by atoms with van der Waals surface area (Å²) in [6, 6.07) is 12.9. The molecule has 0 aliphatic carbocycles. The van der Waals surface area contributed by atoms with Gasteiger partial charge in [0.05, 0.1) is 11.3 Å². The molecule has 1 N–H and O–H groups in total. The van der Waals surface area contributed by atoms with Gasteiger partial charge in [0.2, 0.25) is 11.8 Å². The quantitative estimate of drug-likeness (QED) is 0.153. The van der Waals surface area contributed by atoms with Gasteiger partial charge in [0.1, 0.15) is 17.8 Å². The molecule has 0 bridgehead atoms. The van der Waals surface area contributed by atoms with E-state index in [-0.39, 0.29) is 34.4 Å². The van der Waals surface area contributed by atoms with Gasteiger partial charge in [-0.1, -0.05) is 72.7 Å². The zero-order chi connectivity index (χ0) is 27.0. The predicted octanol–water partition coefficient (Wildman–Crippen LogP) is 4.40. The maximum absolute atomic E-state index is 13.6. The number of rotatable bonds is 10. The molecule has 37 heavy (non-hydrogen) atoms. The molecule has 2 aromatic rings. The Bertz CT molecular complexity index is 1110. The third kappa shape index (κ3) is 8.78. The van der Waals surface area contributed by atoms with Crippen molar-refractivity contribution in [3.8, 4) is 5.75 Å². The summed E-state index contributed by atoms with van der Waals surface area (Å²) < 4.78 is 5.40. The Balaban J connectivity index is 1.69. The summed E-state index contributed by atoms with van der Waals surface area (Å²) in [6.45, 7) is 6.58. The zero-order valence-electron chi connectivity index (χ0n) is 21.0. The minimum atomic E-state index is -0.802. The second kappa shape index (κ2) is 13.0. The van der Waals surface area contributed by atoms with Crippen LogP contribution in [0.25, 0.3) is 0 Å². The number of nitro groups is 1. The van der Waals surface area contributed by atoms with Gasteiger partial charge < -0.3 is 15.0 Å². The van der Waals surface area contributed by atoms with E-state index >= 15 is 0 Å². The maximum atomic E-state index is 13.6. The number of carbonyl (C=O) groups is 3. The van der Waals surface area contributed by atoms with Gasteiger partial charge in [0.15, 0.2) is 0 Å². The van der Waals surface area contributed by atoms with Crippen LogP contribution in [0.5, 0.6) is 5.75 Å². The summed E-state index contributed by atoms with van der Waals surface area (Å²) in [5, 5.41) is 13.7. The van der Waals surface area contributed by atoms with Crippen LogP contribution in [0.2, 0.25) is 0 Å². The summed E-state index contributed by atoms with van der Waals surface area (Å²) in [6.07, 6.45) is 1.21. The monoisotopic (exact) mass is 545 g/mol. The Hall–Kier alpha value is -3.05. The number of likely N-dealkylation sites (tertiary alicyclic amines) is 1. The van der Waals surface area contributed by atoms with Crippen LogP contribution < -0.4 is 10.1 Å². The fourth-order valence-electron chi connectivity index (χ4n) is 3.78. The van der Waals surface area contributed by atoms with Crippen LogP contribution in [0.3, 0.4) is 0 Å². The lowest BCUT2D eigenvalue weighted by molar-refractivity contribution is -0.384. The second-order valence-electron chi connectivity index (χ2n) is 9.62. The summed E-state index contributed by atoms with van der Waals surface area (Å²) in [5.41, 5.74) is 0.728. The standard InChI is InChI=1S/C26H31N3O6S2/c1-26(2,3)37-36-17-21(27-23(30)16-18-8-5-4-6-9-18)24(31)28-15-7-10-22(28)25(32)35-20-13-11-19(12-14-20)29(33)34/h4-6,8-9,11-14,21-22H,7,10,15-17H2,1-3H3,(H,27,30)/t21-,22?/m0/s1. The van der Waals surface area contributed by atoms with Crippen LogP contribution in [0.15, 0.2) is 54.6 Å². The molecule has 2 atom stereocenters. The van der Waals surface area contributed by atoms with E-state index in [1.54, 1.807) is 10.8 Å². The molecular formula is C26H31N3O6S2. The van der Waals surface area contributed by atoms with Gasteiger partial charge in [-0.15, -0.1) is 0 Å². The Morgan fingerprint density at radius 1 is 1.14 bits per heavy atom. The van der Waals surface area contributed by atoms with Gasteiger partial charge in [-0.25, -0.2) is 4.79 Å². The molecular weight excluding hydrogens is 514 g/mol. The van der Waals surface area contributed by atoms with Crippen molar-refractivity contribution in [2.75, 3.05) is 12.3 Å². The lowest BCUT2D eigenvalue weighted by Crippen LogP contribution is -2.53. The molecule has 0 spiro atoms. The highest BCUT2D eigenvalue weighted by molar-refractivity contribution is 8.77. The molecule has 11 heteroatoms. The van der Waals surface area contributed by atoms with Crippen LogP contribution in [0.4, 0.5) is 5.69 Å². The highest BCUT2D eigenvalue weighted by atomic mass is 33.1. The number of carbonyl (C=O) groups excluding carboxylic acids is 3. The molecule has 3 rings (SSSR count). The maximum Gasteiger partial charge on any atom is 0.334 e. The minimum absolute atomic E-state index is 0.0307. The minimum Gasteiger partial charge on any atom is -0.425 e. The Morgan fingerprint density at radius 3 is 2.43 bits per heavy atom. The van der Waals surface area contributed by atoms with Crippen molar-refractivity contribution in [1.82, 2.24) is 10.2 Å². The Morgan fingerprint density at radius 2 is 1.81 bits per heavy atom. The fraction of sp³-hybridized carbons (Fsp3) is 0.423. The third-order valence-corrected chi connectivity index (χ3v) is 8.81. The molecule has 1 aliphatic rings. The summed E-state index contributed by atoms with van der Waals surface area (Å²) >= 11 is 0. The van der Waals surface area contributed by atoms with Crippen LogP contribution >= 0.6 is 21.6 Å². The van der Waals surface area contributed by atoms with Crippen LogP contribution in [0.1, 0.15) is 39.2 Å². The number of nitrogens with zero attached hydrogens (tertiary/aromatic N) is 2. The van der Waals surface area contributed by atoms with Crippen molar-refractivity contribution in [1.29, 1.82) is 0 Å². The topological polar surface area (TPSA) is 119 Å². The molecule has 1 heterocycles. The van der Waals surface area contributed by atoms with Crippen molar-refractivity contribution in [2.45, 2.75) is 56.9 Å². The molecule has 2 amide bonds. The molecule has 0 radical (unpaired) electrons. The smallest absolute Gasteiger partial charge is 0.334 e. The number of benzene rings is 2. The highest BCUT2D eigenvalue weighted by Crippen LogP contribution is 2.35.